The third kappa shape index (κ3) is 2.71. The molecule has 0 aliphatic carbocycles. The van der Waals surface area contributed by atoms with Crippen LogP contribution in [0.5, 0.6) is 0 Å². The lowest BCUT2D eigenvalue weighted by Gasteiger charge is -2.27. The van der Waals surface area contributed by atoms with Gasteiger partial charge in [0, 0.05) is 32.8 Å². The van der Waals surface area contributed by atoms with Crippen LogP contribution in [0.2, 0.25) is 0 Å². The summed E-state index contributed by atoms with van der Waals surface area (Å²) in [4.78, 5) is 2.32. The maximum Gasteiger partial charge on any atom is 0.126 e. The van der Waals surface area contributed by atoms with Gasteiger partial charge >= 0.3 is 0 Å². The molecule has 1 aliphatic rings. The molecule has 0 saturated carbocycles. The Morgan fingerprint density at radius 1 is 1.56 bits per heavy atom. The number of nitrogens with two attached hydrogens (primary N) is 1. The minimum atomic E-state index is -0.161. The van der Waals surface area contributed by atoms with Crippen LogP contribution in [0.4, 0.5) is 4.39 Å². The van der Waals surface area contributed by atoms with Gasteiger partial charge < -0.3 is 10.5 Å². The first-order valence-electron chi connectivity index (χ1n) is 6.38. The minimum Gasteiger partial charge on any atom is -0.380 e. The Bertz CT molecular complexity index is 411. The molecule has 1 aliphatic heterocycles. The Labute approximate surface area is 108 Å². The summed E-state index contributed by atoms with van der Waals surface area (Å²) in [5.41, 5.74) is 7.65. The third-order valence-corrected chi connectivity index (χ3v) is 3.74. The number of hydrogen-bond acceptors (Lipinski definition) is 3. The smallest absolute Gasteiger partial charge is 0.126 e. The van der Waals surface area contributed by atoms with Gasteiger partial charge in [-0.25, -0.2) is 4.39 Å². The summed E-state index contributed by atoms with van der Waals surface area (Å²) in [6.07, 6.45) is 1.33. The fourth-order valence-electron chi connectivity index (χ4n) is 2.60. The molecule has 1 aromatic rings. The van der Waals surface area contributed by atoms with Gasteiger partial charge in [-0.15, -0.1) is 0 Å². The lowest BCUT2D eigenvalue weighted by molar-refractivity contribution is 0.101. The van der Waals surface area contributed by atoms with E-state index in [1.54, 1.807) is 14.0 Å². The number of likely N-dealkylation sites (tertiary alicyclic amines) is 1. The van der Waals surface area contributed by atoms with E-state index in [0.717, 1.165) is 25.1 Å². The predicted octanol–water partition coefficient (Wildman–Crippen LogP) is 1.85. The monoisotopic (exact) mass is 252 g/mol. The number of rotatable bonds is 4. The van der Waals surface area contributed by atoms with E-state index in [-0.39, 0.29) is 11.9 Å². The highest BCUT2D eigenvalue weighted by molar-refractivity contribution is 5.27. The molecule has 0 aromatic heterocycles. The minimum absolute atomic E-state index is 0.157. The summed E-state index contributed by atoms with van der Waals surface area (Å²) in [5, 5.41) is 0. The summed E-state index contributed by atoms with van der Waals surface area (Å²) in [6.45, 7) is 4.21. The fraction of sp³-hybridized carbons (Fsp3) is 0.571. The second-order valence-electron chi connectivity index (χ2n) is 4.90. The summed E-state index contributed by atoms with van der Waals surface area (Å²) in [6, 6.07) is 5.41. The Hall–Kier alpha value is -0.970. The highest BCUT2D eigenvalue weighted by atomic mass is 19.1. The quantitative estimate of drug-likeness (QED) is 0.889. The molecule has 0 bridgehead atoms. The van der Waals surface area contributed by atoms with Gasteiger partial charge in [0.15, 0.2) is 0 Å². The van der Waals surface area contributed by atoms with Crippen LogP contribution in [-0.2, 0) is 4.74 Å². The summed E-state index contributed by atoms with van der Waals surface area (Å²) < 4.78 is 18.7. The average Bonchev–Trinajstić information content (AvgIpc) is 2.83. The van der Waals surface area contributed by atoms with Crippen LogP contribution in [0.1, 0.15) is 23.6 Å². The molecule has 2 unspecified atom stereocenters. The molecule has 2 rings (SSSR count). The van der Waals surface area contributed by atoms with Crippen molar-refractivity contribution < 1.29 is 9.13 Å². The fourth-order valence-corrected chi connectivity index (χ4v) is 2.60. The molecule has 0 amide bonds. The van der Waals surface area contributed by atoms with Crippen LogP contribution in [-0.4, -0.2) is 37.7 Å². The van der Waals surface area contributed by atoms with Crippen molar-refractivity contribution in [3.63, 3.8) is 0 Å². The second-order valence-corrected chi connectivity index (χ2v) is 4.90. The highest BCUT2D eigenvalue weighted by Crippen LogP contribution is 2.26. The number of methoxy groups -OCH3 is 1. The lowest BCUT2D eigenvalue weighted by Crippen LogP contribution is -2.33. The van der Waals surface area contributed by atoms with E-state index in [1.807, 2.05) is 12.1 Å². The molecule has 2 N–H and O–H groups in total. The van der Waals surface area contributed by atoms with Gasteiger partial charge in [0.1, 0.15) is 5.82 Å². The van der Waals surface area contributed by atoms with Crippen molar-refractivity contribution in [3.8, 4) is 0 Å². The Kier molecular flexibility index (Phi) is 4.32. The van der Waals surface area contributed by atoms with Crippen molar-refractivity contribution in [1.29, 1.82) is 0 Å². The van der Waals surface area contributed by atoms with Gasteiger partial charge in [-0.3, -0.25) is 4.90 Å². The average molecular weight is 252 g/mol. The Morgan fingerprint density at radius 2 is 2.33 bits per heavy atom. The van der Waals surface area contributed by atoms with E-state index < -0.39 is 0 Å². The van der Waals surface area contributed by atoms with E-state index in [4.69, 9.17) is 10.5 Å². The van der Waals surface area contributed by atoms with Crippen molar-refractivity contribution in [2.45, 2.75) is 25.5 Å². The van der Waals surface area contributed by atoms with Crippen LogP contribution < -0.4 is 5.73 Å². The number of ether oxygens (including phenoxy) is 1. The van der Waals surface area contributed by atoms with Crippen LogP contribution in [0.3, 0.4) is 0 Å². The maximum absolute atomic E-state index is 13.3. The summed E-state index contributed by atoms with van der Waals surface area (Å²) >= 11 is 0. The van der Waals surface area contributed by atoms with Crippen molar-refractivity contribution in [3.05, 3.63) is 35.1 Å². The van der Waals surface area contributed by atoms with E-state index in [2.05, 4.69) is 4.90 Å². The molecule has 3 nitrogen and oxygen atoms in total. The SMILES string of the molecule is COC1CCN(C(CN)c2ccc(F)c(C)c2)C1. The molecule has 2 atom stereocenters. The Morgan fingerprint density at radius 3 is 2.89 bits per heavy atom. The topological polar surface area (TPSA) is 38.5 Å². The number of aryl methyl sites for hydroxylation is 1. The highest BCUT2D eigenvalue weighted by Gasteiger charge is 2.28. The first-order chi connectivity index (χ1) is 8.65. The van der Waals surface area contributed by atoms with Crippen molar-refractivity contribution in [2.24, 2.45) is 5.73 Å². The van der Waals surface area contributed by atoms with E-state index in [1.165, 1.54) is 6.07 Å². The Balaban J connectivity index is 2.15. The van der Waals surface area contributed by atoms with E-state index >= 15 is 0 Å². The molecular formula is C14H21FN2O. The first kappa shape index (κ1) is 13.5. The zero-order chi connectivity index (χ0) is 13.1. The van der Waals surface area contributed by atoms with Gasteiger partial charge in [0.05, 0.1) is 6.10 Å². The van der Waals surface area contributed by atoms with Crippen LogP contribution in [0, 0.1) is 12.7 Å². The molecular weight excluding hydrogens is 231 g/mol. The molecule has 1 fully saturated rings. The second kappa shape index (κ2) is 5.78. The van der Waals surface area contributed by atoms with E-state index in [0.29, 0.717) is 18.2 Å². The summed E-state index contributed by atoms with van der Waals surface area (Å²) in [5.74, 6) is -0.161. The largest absolute Gasteiger partial charge is 0.380 e. The molecule has 1 saturated heterocycles. The van der Waals surface area contributed by atoms with Crippen LogP contribution >= 0.6 is 0 Å². The number of hydrogen-bond donors (Lipinski definition) is 1. The van der Waals surface area contributed by atoms with Gasteiger partial charge in [-0.1, -0.05) is 12.1 Å². The zero-order valence-corrected chi connectivity index (χ0v) is 11.0. The molecule has 18 heavy (non-hydrogen) atoms. The molecule has 100 valence electrons. The van der Waals surface area contributed by atoms with Crippen LogP contribution in [0.15, 0.2) is 18.2 Å². The molecule has 1 aromatic carbocycles. The maximum atomic E-state index is 13.3. The number of benzene rings is 1. The summed E-state index contributed by atoms with van der Waals surface area (Å²) in [7, 11) is 1.74. The number of nitrogens with zero attached hydrogens (tertiary/aromatic N) is 1. The van der Waals surface area contributed by atoms with Gasteiger partial charge in [-0.2, -0.15) is 0 Å². The molecule has 4 heteroatoms. The predicted molar refractivity (Wildman–Crippen MR) is 69.9 cm³/mol. The van der Waals surface area contributed by atoms with Gasteiger partial charge in [0.2, 0.25) is 0 Å². The first-order valence-corrected chi connectivity index (χ1v) is 6.38. The standard InChI is InChI=1S/C14H21FN2O/c1-10-7-11(3-4-13(10)15)14(8-16)17-6-5-12(9-17)18-2/h3-4,7,12,14H,5-6,8-9,16H2,1-2H3. The van der Waals surface area contributed by atoms with Crippen molar-refractivity contribution >= 4 is 0 Å². The van der Waals surface area contributed by atoms with E-state index in [9.17, 15) is 4.39 Å². The molecule has 0 radical (unpaired) electrons. The van der Waals surface area contributed by atoms with Gasteiger partial charge in [0.25, 0.3) is 0 Å². The van der Waals surface area contributed by atoms with Crippen molar-refractivity contribution in [1.82, 2.24) is 4.90 Å². The van der Waals surface area contributed by atoms with Crippen LogP contribution in [0.25, 0.3) is 0 Å². The lowest BCUT2D eigenvalue weighted by atomic mass is 10.0. The zero-order valence-electron chi connectivity index (χ0n) is 11.0. The van der Waals surface area contributed by atoms with Crippen molar-refractivity contribution in [2.75, 3.05) is 26.7 Å². The number of halogens is 1. The molecule has 1 heterocycles. The third-order valence-electron chi connectivity index (χ3n) is 3.74. The van der Waals surface area contributed by atoms with Gasteiger partial charge in [-0.05, 0) is 30.5 Å². The molecule has 0 spiro atoms. The normalized spacial score (nSPS) is 22.3.